The molecule has 0 aliphatic carbocycles. The second-order valence-corrected chi connectivity index (χ2v) is 4.14. The van der Waals surface area contributed by atoms with Crippen LogP contribution in [0.2, 0.25) is 0 Å². The predicted molar refractivity (Wildman–Crippen MR) is 70.1 cm³/mol. The highest BCUT2D eigenvalue weighted by molar-refractivity contribution is 5.74. The Hall–Kier alpha value is -2.16. The average molecular weight is 241 g/mol. The van der Waals surface area contributed by atoms with Crippen molar-refractivity contribution in [1.29, 1.82) is 0 Å². The Kier molecular flexibility index (Phi) is 3.72. The summed E-state index contributed by atoms with van der Waals surface area (Å²) in [6.07, 6.45) is 3.91. The summed E-state index contributed by atoms with van der Waals surface area (Å²) in [7, 11) is 1.40. The van der Waals surface area contributed by atoms with Gasteiger partial charge in [-0.1, -0.05) is 24.3 Å². The van der Waals surface area contributed by atoms with Crippen LogP contribution in [0, 0.1) is 6.92 Å². The molecule has 0 amide bonds. The molecule has 1 aromatic carbocycles. The molecule has 0 bridgehead atoms. The summed E-state index contributed by atoms with van der Waals surface area (Å²) in [5.74, 6) is -0.227. The summed E-state index contributed by atoms with van der Waals surface area (Å²) in [6.45, 7) is 2.05. The van der Waals surface area contributed by atoms with E-state index in [-0.39, 0.29) is 5.97 Å². The molecular formula is C15H15NO2. The Labute approximate surface area is 106 Å². The molecular weight excluding hydrogens is 226 g/mol. The number of hydrogen-bond acceptors (Lipinski definition) is 3. The Morgan fingerprint density at radius 2 is 2.17 bits per heavy atom. The van der Waals surface area contributed by atoms with E-state index in [0.29, 0.717) is 6.42 Å². The summed E-state index contributed by atoms with van der Waals surface area (Å²) >= 11 is 0. The lowest BCUT2D eigenvalue weighted by atomic mass is 10.00. The van der Waals surface area contributed by atoms with Crippen LogP contribution in [0.3, 0.4) is 0 Å². The van der Waals surface area contributed by atoms with Crippen LogP contribution >= 0.6 is 0 Å². The van der Waals surface area contributed by atoms with Gasteiger partial charge in [0.2, 0.25) is 0 Å². The number of aryl methyl sites for hydroxylation is 1. The van der Waals surface area contributed by atoms with E-state index in [1.165, 1.54) is 12.7 Å². The normalized spacial score (nSPS) is 10.1. The van der Waals surface area contributed by atoms with Crippen molar-refractivity contribution in [3.63, 3.8) is 0 Å². The maximum absolute atomic E-state index is 11.3. The fourth-order valence-electron chi connectivity index (χ4n) is 1.85. The summed E-state index contributed by atoms with van der Waals surface area (Å²) in [5.41, 5.74) is 4.27. The molecule has 3 nitrogen and oxygen atoms in total. The molecule has 0 atom stereocenters. The zero-order valence-electron chi connectivity index (χ0n) is 10.5. The molecule has 2 rings (SSSR count). The first-order valence-electron chi connectivity index (χ1n) is 5.77. The minimum atomic E-state index is -0.227. The number of benzene rings is 1. The second kappa shape index (κ2) is 5.45. The summed E-state index contributed by atoms with van der Waals surface area (Å²) in [4.78, 5) is 15.4. The molecule has 1 aromatic heterocycles. The van der Waals surface area contributed by atoms with Crippen LogP contribution in [0.25, 0.3) is 11.1 Å². The smallest absolute Gasteiger partial charge is 0.309 e. The zero-order valence-corrected chi connectivity index (χ0v) is 10.5. The molecule has 0 spiro atoms. The van der Waals surface area contributed by atoms with Gasteiger partial charge >= 0.3 is 5.97 Å². The van der Waals surface area contributed by atoms with Gasteiger partial charge in [-0.25, -0.2) is 0 Å². The van der Waals surface area contributed by atoms with E-state index in [1.54, 1.807) is 6.20 Å². The number of carbonyl (C=O) groups excluding carboxylic acids is 1. The monoisotopic (exact) mass is 241 g/mol. The number of hydrogen-bond donors (Lipinski definition) is 0. The van der Waals surface area contributed by atoms with Gasteiger partial charge in [0.25, 0.3) is 0 Å². The molecule has 0 radical (unpaired) electrons. The van der Waals surface area contributed by atoms with Gasteiger partial charge in [-0.15, -0.1) is 0 Å². The van der Waals surface area contributed by atoms with Crippen molar-refractivity contribution >= 4 is 5.97 Å². The number of methoxy groups -OCH3 is 1. The Bertz CT molecular complexity index is 564. The highest BCUT2D eigenvalue weighted by atomic mass is 16.5. The maximum Gasteiger partial charge on any atom is 0.309 e. The SMILES string of the molecule is COC(=O)Cc1cccc(-c2cnccc2C)c1. The molecule has 18 heavy (non-hydrogen) atoms. The first kappa shape index (κ1) is 12.3. The molecule has 1 heterocycles. The van der Waals surface area contributed by atoms with Crippen LogP contribution in [0.15, 0.2) is 42.7 Å². The van der Waals surface area contributed by atoms with E-state index in [9.17, 15) is 4.79 Å². The van der Waals surface area contributed by atoms with E-state index in [2.05, 4.69) is 9.72 Å². The molecule has 3 heteroatoms. The molecule has 2 aromatic rings. The third-order valence-electron chi connectivity index (χ3n) is 2.85. The van der Waals surface area contributed by atoms with Crippen LogP contribution in [-0.2, 0) is 16.0 Å². The quantitative estimate of drug-likeness (QED) is 0.776. The van der Waals surface area contributed by atoms with Gasteiger partial charge in [0.1, 0.15) is 0 Å². The van der Waals surface area contributed by atoms with E-state index < -0.39 is 0 Å². The van der Waals surface area contributed by atoms with Gasteiger partial charge in [-0.05, 0) is 29.7 Å². The summed E-state index contributed by atoms with van der Waals surface area (Å²) in [6, 6.07) is 9.86. The molecule has 0 saturated heterocycles. The number of carbonyl (C=O) groups is 1. The van der Waals surface area contributed by atoms with Crippen LogP contribution in [-0.4, -0.2) is 18.1 Å². The fourth-order valence-corrected chi connectivity index (χ4v) is 1.85. The lowest BCUT2D eigenvalue weighted by Gasteiger charge is -2.07. The van der Waals surface area contributed by atoms with E-state index in [1.807, 2.05) is 43.5 Å². The molecule has 0 saturated carbocycles. The van der Waals surface area contributed by atoms with Crippen LogP contribution in [0.5, 0.6) is 0 Å². The zero-order chi connectivity index (χ0) is 13.0. The van der Waals surface area contributed by atoms with Gasteiger partial charge < -0.3 is 4.74 Å². The number of nitrogens with zero attached hydrogens (tertiary/aromatic N) is 1. The highest BCUT2D eigenvalue weighted by Gasteiger charge is 2.06. The van der Waals surface area contributed by atoms with Crippen LogP contribution in [0.1, 0.15) is 11.1 Å². The Morgan fingerprint density at radius 3 is 2.89 bits per heavy atom. The first-order valence-corrected chi connectivity index (χ1v) is 5.77. The van der Waals surface area contributed by atoms with Gasteiger partial charge in [0.05, 0.1) is 13.5 Å². The second-order valence-electron chi connectivity index (χ2n) is 4.14. The summed E-state index contributed by atoms with van der Waals surface area (Å²) < 4.78 is 4.67. The number of ether oxygens (including phenoxy) is 1. The van der Waals surface area contributed by atoms with Gasteiger partial charge in [0, 0.05) is 18.0 Å². The van der Waals surface area contributed by atoms with Crippen molar-refractivity contribution in [2.75, 3.05) is 7.11 Å². The number of aromatic nitrogens is 1. The Balaban J connectivity index is 2.33. The number of pyridine rings is 1. The van der Waals surface area contributed by atoms with Crippen molar-refractivity contribution in [2.24, 2.45) is 0 Å². The average Bonchev–Trinajstić information content (AvgIpc) is 2.39. The maximum atomic E-state index is 11.3. The van der Waals surface area contributed by atoms with Crippen molar-refractivity contribution in [1.82, 2.24) is 4.98 Å². The minimum Gasteiger partial charge on any atom is -0.469 e. The predicted octanol–water partition coefficient (Wildman–Crippen LogP) is 2.77. The van der Waals surface area contributed by atoms with E-state index in [4.69, 9.17) is 0 Å². The minimum absolute atomic E-state index is 0.227. The lowest BCUT2D eigenvalue weighted by molar-refractivity contribution is -0.139. The third kappa shape index (κ3) is 2.74. The topological polar surface area (TPSA) is 39.2 Å². The molecule has 0 N–H and O–H groups in total. The van der Waals surface area contributed by atoms with Crippen LogP contribution in [0.4, 0.5) is 0 Å². The molecule has 0 aliphatic heterocycles. The largest absolute Gasteiger partial charge is 0.469 e. The Morgan fingerprint density at radius 1 is 1.33 bits per heavy atom. The molecule has 0 fully saturated rings. The third-order valence-corrected chi connectivity index (χ3v) is 2.85. The number of rotatable bonds is 3. The van der Waals surface area contributed by atoms with Crippen molar-refractivity contribution in [3.05, 3.63) is 53.9 Å². The van der Waals surface area contributed by atoms with Gasteiger partial charge in [-0.3, -0.25) is 9.78 Å². The highest BCUT2D eigenvalue weighted by Crippen LogP contribution is 2.23. The van der Waals surface area contributed by atoms with Crippen molar-refractivity contribution in [3.8, 4) is 11.1 Å². The van der Waals surface area contributed by atoms with Gasteiger partial charge in [0.15, 0.2) is 0 Å². The fraction of sp³-hybridized carbons (Fsp3) is 0.200. The molecule has 0 aliphatic rings. The van der Waals surface area contributed by atoms with Crippen molar-refractivity contribution in [2.45, 2.75) is 13.3 Å². The summed E-state index contributed by atoms with van der Waals surface area (Å²) in [5, 5.41) is 0. The van der Waals surface area contributed by atoms with Crippen molar-refractivity contribution < 1.29 is 9.53 Å². The van der Waals surface area contributed by atoms with E-state index >= 15 is 0 Å². The first-order chi connectivity index (χ1) is 8.70. The van der Waals surface area contributed by atoms with Crippen LogP contribution < -0.4 is 0 Å². The molecule has 0 unspecified atom stereocenters. The lowest BCUT2D eigenvalue weighted by Crippen LogP contribution is -2.04. The van der Waals surface area contributed by atoms with E-state index in [0.717, 1.165) is 16.7 Å². The number of esters is 1. The molecule has 92 valence electrons. The standard InChI is InChI=1S/C15H15NO2/c1-11-6-7-16-10-14(11)13-5-3-4-12(8-13)9-15(17)18-2/h3-8,10H,9H2,1-2H3. The van der Waals surface area contributed by atoms with Gasteiger partial charge in [-0.2, -0.15) is 0 Å².